The van der Waals surface area contributed by atoms with E-state index >= 15 is 0 Å². The van der Waals surface area contributed by atoms with Crippen LogP contribution in [-0.4, -0.2) is 23.1 Å². The normalized spacial score (nSPS) is 14.5. The zero-order chi connectivity index (χ0) is 24.3. The highest BCUT2D eigenvalue weighted by Gasteiger charge is 2.37. The molecule has 0 atom stereocenters. The molecule has 2 aliphatic rings. The minimum atomic E-state index is -0.359. The van der Waals surface area contributed by atoms with Gasteiger partial charge in [-0.15, -0.1) is 0 Å². The Morgan fingerprint density at radius 3 is 1.35 bits per heavy atom. The van der Waals surface area contributed by atoms with Gasteiger partial charge in [0, 0.05) is 44.5 Å². The Kier molecular flexibility index (Phi) is 4.76. The number of hydrogen-bond donors (Lipinski definition) is 0. The smallest absolute Gasteiger partial charge is 0.195 e. The monoisotopic (exact) mass is 444 g/mol. The molecule has 0 heterocycles. The molecule has 34 heavy (non-hydrogen) atoms. The molecular weight excluding hydrogens is 424 g/mol. The third-order valence-electron chi connectivity index (χ3n) is 6.63. The van der Waals surface area contributed by atoms with E-state index in [0.29, 0.717) is 38.9 Å². The molecule has 3 aromatic rings. The van der Waals surface area contributed by atoms with Crippen LogP contribution in [0.1, 0.15) is 63.7 Å². The van der Waals surface area contributed by atoms with Crippen molar-refractivity contribution in [1.29, 1.82) is 0 Å². The van der Waals surface area contributed by atoms with Gasteiger partial charge in [-0.2, -0.15) is 0 Å². The second kappa shape index (κ2) is 7.56. The first-order valence-corrected chi connectivity index (χ1v) is 10.9. The van der Waals surface area contributed by atoms with Gasteiger partial charge in [0.1, 0.15) is 0 Å². The molecule has 4 nitrogen and oxygen atoms in total. The van der Waals surface area contributed by atoms with Crippen LogP contribution < -0.4 is 0 Å². The van der Waals surface area contributed by atoms with Crippen LogP contribution in [0.5, 0.6) is 0 Å². The third-order valence-corrected chi connectivity index (χ3v) is 6.63. The molecule has 0 amide bonds. The number of rotatable bonds is 3. The van der Waals surface area contributed by atoms with Crippen molar-refractivity contribution < 1.29 is 19.2 Å². The third kappa shape index (κ3) is 2.72. The minimum absolute atomic E-state index is 0.174. The van der Waals surface area contributed by atoms with Crippen molar-refractivity contribution >= 4 is 23.1 Å². The van der Waals surface area contributed by atoms with E-state index in [0.717, 1.165) is 0 Å². The van der Waals surface area contributed by atoms with E-state index in [2.05, 4.69) is 13.2 Å². The van der Waals surface area contributed by atoms with Crippen molar-refractivity contribution in [2.75, 3.05) is 0 Å². The first-order chi connectivity index (χ1) is 16.3. The Labute approximate surface area is 196 Å². The van der Waals surface area contributed by atoms with Crippen LogP contribution in [-0.2, 0) is 0 Å². The minimum Gasteiger partial charge on any atom is -0.289 e. The molecule has 0 unspecified atom stereocenters. The lowest BCUT2D eigenvalue weighted by Crippen LogP contribution is -2.25. The van der Waals surface area contributed by atoms with Crippen LogP contribution in [0.15, 0.2) is 85.0 Å². The molecule has 0 N–H and O–H groups in total. The molecule has 164 valence electrons. The SMILES string of the molecule is C=CC1=C(C=C)C(=O)c2c(-c3ccc(C)c4c3C(=O)c3ccccc3C4=O)ccc(C)c2C1=O. The van der Waals surface area contributed by atoms with Gasteiger partial charge in [0.15, 0.2) is 23.1 Å². The van der Waals surface area contributed by atoms with Crippen molar-refractivity contribution in [2.24, 2.45) is 0 Å². The zero-order valence-corrected chi connectivity index (χ0v) is 18.8. The molecule has 0 spiro atoms. The van der Waals surface area contributed by atoms with Crippen LogP contribution >= 0.6 is 0 Å². The van der Waals surface area contributed by atoms with Gasteiger partial charge in [0.05, 0.1) is 0 Å². The Hall–Kier alpha value is -4.44. The summed E-state index contributed by atoms with van der Waals surface area (Å²) in [5.41, 5.74) is 4.39. The number of aryl methyl sites for hydroxylation is 2. The van der Waals surface area contributed by atoms with E-state index in [1.54, 1.807) is 62.4 Å². The van der Waals surface area contributed by atoms with Gasteiger partial charge in [-0.1, -0.05) is 73.8 Å². The highest BCUT2D eigenvalue weighted by molar-refractivity contribution is 6.33. The summed E-state index contributed by atoms with van der Waals surface area (Å²) >= 11 is 0. The quantitative estimate of drug-likeness (QED) is 0.401. The second-order valence-corrected chi connectivity index (χ2v) is 8.46. The Balaban J connectivity index is 1.87. The van der Waals surface area contributed by atoms with Crippen molar-refractivity contribution in [2.45, 2.75) is 13.8 Å². The molecular formula is C30H20O4. The molecule has 0 saturated heterocycles. The number of carbonyl (C=O) groups is 4. The van der Waals surface area contributed by atoms with Gasteiger partial charge < -0.3 is 0 Å². The summed E-state index contributed by atoms with van der Waals surface area (Å²) in [5, 5.41) is 0. The average molecular weight is 444 g/mol. The predicted octanol–water partition coefficient (Wildman–Crippen LogP) is 5.79. The van der Waals surface area contributed by atoms with Crippen LogP contribution in [0, 0.1) is 13.8 Å². The van der Waals surface area contributed by atoms with E-state index in [-0.39, 0.29) is 51.0 Å². The average Bonchev–Trinajstić information content (AvgIpc) is 2.84. The summed E-state index contributed by atoms with van der Waals surface area (Å²) in [6.07, 6.45) is 2.74. The van der Waals surface area contributed by atoms with E-state index < -0.39 is 0 Å². The number of allylic oxidation sites excluding steroid dienone is 4. The van der Waals surface area contributed by atoms with E-state index in [1.165, 1.54) is 12.2 Å². The number of carbonyl (C=O) groups excluding carboxylic acids is 4. The molecule has 0 bridgehead atoms. The second-order valence-electron chi connectivity index (χ2n) is 8.46. The highest BCUT2D eigenvalue weighted by Crippen LogP contribution is 2.41. The molecule has 0 aromatic heterocycles. The van der Waals surface area contributed by atoms with Crippen molar-refractivity contribution in [3.63, 3.8) is 0 Å². The lowest BCUT2D eigenvalue weighted by atomic mass is 9.74. The van der Waals surface area contributed by atoms with Gasteiger partial charge >= 0.3 is 0 Å². The molecule has 0 aliphatic heterocycles. The fraction of sp³-hybridized carbons (Fsp3) is 0.0667. The summed E-state index contributed by atoms with van der Waals surface area (Å²) in [4.78, 5) is 54.0. The maximum Gasteiger partial charge on any atom is 0.195 e. The maximum atomic E-state index is 13.7. The van der Waals surface area contributed by atoms with Crippen molar-refractivity contribution in [3.8, 4) is 11.1 Å². The van der Waals surface area contributed by atoms with E-state index in [9.17, 15) is 19.2 Å². The van der Waals surface area contributed by atoms with E-state index in [4.69, 9.17) is 0 Å². The van der Waals surface area contributed by atoms with Gasteiger partial charge in [0.25, 0.3) is 0 Å². The Morgan fingerprint density at radius 1 is 0.500 bits per heavy atom. The molecule has 3 aromatic carbocycles. The summed E-state index contributed by atoms with van der Waals surface area (Å²) in [6.45, 7) is 11.0. The molecule has 0 saturated carbocycles. The topological polar surface area (TPSA) is 68.3 Å². The maximum absolute atomic E-state index is 13.7. The number of ketones is 4. The largest absolute Gasteiger partial charge is 0.289 e. The summed E-state index contributed by atoms with van der Waals surface area (Å²) in [7, 11) is 0. The number of Topliss-reactive ketones (excluding diaryl/α,β-unsaturated/α-hetero) is 2. The van der Waals surface area contributed by atoms with Gasteiger partial charge in [0.2, 0.25) is 0 Å². The fourth-order valence-electron chi connectivity index (χ4n) is 4.99. The number of fused-ring (bicyclic) bond motifs is 3. The van der Waals surface area contributed by atoms with Gasteiger partial charge in [-0.3, -0.25) is 19.2 Å². The molecule has 0 radical (unpaired) electrons. The van der Waals surface area contributed by atoms with Crippen molar-refractivity contribution in [3.05, 3.63) is 129 Å². The standard InChI is InChI=1S/C30H20O4/c1-5-17-18(6-2)28(32)25-19(13-11-15(3)23(25)27(17)31)20-14-12-16(4)24-26(20)30(34)22-10-8-7-9-21(22)29(24)33/h5-14H,1-2H2,3-4H3. The van der Waals surface area contributed by atoms with Crippen LogP contribution in [0.2, 0.25) is 0 Å². The number of benzene rings is 3. The summed E-state index contributed by atoms with van der Waals surface area (Å²) in [5.74, 6) is -1.18. The Morgan fingerprint density at radius 2 is 0.882 bits per heavy atom. The van der Waals surface area contributed by atoms with Crippen LogP contribution in [0.4, 0.5) is 0 Å². The lowest BCUT2D eigenvalue weighted by Gasteiger charge is -2.25. The first kappa shape index (κ1) is 21.4. The molecule has 4 heteroatoms. The zero-order valence-electron chi connectivity index (χ0n) is 18.8. The van der Waals surface area contributed by atoms with E-state index in [1.807, 2.05) is 0 Å². The number of hydrogen-bond acceptors (Lipinski definition) is 4. The summed E-state index contributed by atoms with van der Waals surface area (Å²) in [6, 6.07) is 13.8. The van der Waals surface area contributed by atoms with Crippen LogP contribution in [0.25, 0.3) is 11.1 Å². The molecule has 2 aliphatic carbocycles. The predicted molar refractivity (Wildman–Crippen MR) is 131 cm³/mol. The van der Waals surface area contributed by atoms with Gasteiger partial charge in [-0.25, -0.2) is 0 Å². The van der Waals surface area contributed by atoms with Gasteiger partial charge in [-0.05, 0) is 36.1 Å². The Bertz CT molecular complexity index is 1560. The molecule has 0 fully saturated rings. The van der Waals surface area contributed by atoms with Crippen molar-refractivity contribution in [1.82, 2.24) is 0 Å². The molecule has 5 rings (SSSR count). The van der Waals surface area contributed by atoms with Crippen LogP contribution in [0.3, 0.4) is 0 Å². The summed E-state index contributed by atoms with van der Waals surface area (Å²) < 4.78 is 0. The highest BCUT2D eigenvalue weighted by atomic mass is 16.1. The first-order valence-electron chi connectivity index (χ1n) is 10.9. The lowest BCUT2D eigenvalue weighted by molar-refractivity contribution is 0.0978. The fourth-order valence-corrected chi connectivity index (χ4v) is 4.99.